The van der Waals surface area contributed by atoms with Gasteiger partial charge in [-0.05, 0) is 30.6 Å². The zero-order valence-corrected chi connectivity index (χ0v) is 30.1. The Balaban J connectivity index is 4.27. The summed E-state index contributed by atoms with van der Waals surface area (Å²) in [6.45, 7) is 13.5. The molecule has 0 amide bonds. The summed E-state index contributed by atoms with van der Waals surface area (Å²) < 4.78 is 0. The largest absolute Gasteiger partial charge is 0.481 e. The normalized spacial score (nSPS) is 14.1. The van der Waals surface area contributed by atoms with E-state index in [1.54, 1.807) is 0 Å². The van der Waals surface area contributed by atoms with E-state index in [1.165, 1.54) is 167 Å². The van der Waals surface area contributed by atoms with Crippen LogP contribution in [0.1, 0.15) is 228 Å². The predicted molar refractivity (Wildman–Crippen MR) is 188 cm³/mol. The molecule has 2 atom stereocenters. The molecule has 0 aromatic carbocycles. The zero-order chi connectivity index (χ0) is 31.3. The van der Waals surface area contributed by atoms with E-state index in [4.69, 9.17) is 0 Å². The molecule has 0 bridgehead atoms. The van der Waals surface area contributed by atoms with Crippen molar-refractivity contribution in [1.29, 1.82) is 0 Å². The van der Waals surface area contributed by atoms with Gasteiger partial charge in [0.1, 0.15) is 0 Å². The van der Waals surface area contributed by atoms with Gasteiger partial charge in [-0.1, -0.05) is 215 Å². The lowest BCUT2D eigenvalue weighted by Crippen LogP contribution is -2.45. The van der Waals surface area contributed by atoms with E-state index in [0.29, 0.717) is 5.92 Å². The Bertz CT molecular complexity index is 568. The van der Waals surface area contributed by atoms with Crippen LogP contribution < -0.4 is 0 Å². The molecule has 0 spiro atoms. The van der Waals surface area contributed by atoms with Crippen molar-refractivity contribution in [3.63, 3.8) is 0 Å². The first kappa shape index (κ1) is 41.5. The third kappa shape index (κ3) is 20.4. The minimum atomic E-state index is -0.567. The highest BCUT2D eigenvalue weighted by Gasteiger charge is 2.48. The number of carboxylic acids is 1. The molecule has 0 rings (SSSR count). The van der Waals surface area contributed by atoms with Crippen molar-refractivity contribution in [3.05, 3.63) is 0 Å². The second kappa shape index (κ2) is 29.2. The minimum Gasteiger partial charge on any atom is -0.481 e. The monoisotopic (exact) mass is 593 g/mol. The van der Waals surface area contributed by atoms with Gasteiger partial charge >= 0.3 is 5.97 Å². The highest BCUT2D eigenvalue weighted by Crippen LogP contribution is 2.47. The van der Waals surface area contributed by atoms with E-state index in [2.05, 4.69) is 41.5 Å². The van der Waals surface area contributed by atoms with Crippen molar-refractivity contribution in [3.8, 4) is 0 Å². The fraction of sp³-hybridized carbons (Fsp3) is 0.975. The lowest BCUT2D eigenvalue weighted by atomic mass is 9.60. The molecule has 2 unspecified atom stereocenters. The van der Waals surface area contributed by atoms with Crippen LogP contribution in [0.4, 0.5) is 0 Å². The summed E-state index contributed by atoms with van der Waals surface area (Å²) in [5.74, 6) is 0.365. The first-order valence-corrected chi connectivity index (χ1v) is 19.6. The average molecular weight is 593 g/mol. The highest BCUT2D eigenvalue weighted by molar-refractivity contribution is 5.75. The molecule has 0 saturated carbocycles. The van der Waals surface area contributed by atoms with Crippen LogP contribution in [0.25, 0.3) is 0 Å². The second-order valence-electron chi connectivity index (χ2n) is 14.7. The van der Waals surface area contributed by atoms with Gasteiger partial charge in [-0.3, -0.25) is 4.79 Å². The highest BCUT2D eigenvalue weighted by atomic mass is 16.4. The molecule has 0 aliphatic carbocycles. The second-order valence-corrected chi connectivity index (χ2v) is 14.7. The van der Waals surface area contributed by atoms with E-state index >= 15 is 0 Å². The van der Waals surface area contributed by atoms with Gasteiger partial charge in [0, 0.05) is 0 Å². The van der Waals surface area contributed by atoms with Crippen molar-refractivity contribution >= 4 is 5.97 Å². The zero-order valence-electron chi connectivity index (χ0n) is 30.1. The molecule has 1 N–H and O–H groups in total. The molecule has 0 saturated heterocycles. The Kier molecular flexibility index (Phi) is 28.8. The van der Waals surface area contributed by atoms with E-state index in [-0.39, 0.29) is 11.8 Å². The smallest absolute Gasteiger partial charge is 0.310 e. The van der Waals surface area contributed by atoms with Gasteiger partial charge in [-0.2, -0.15) is 0 Å². The summed E-state index contributed by atoms with van der Waals surface area (Å²) in [7, 11) is 0. The molecule has 2 nitrogen and oxygen atoms in total. The Morgan fingerprint density at radius 2 is 0.762 bits per heavy atom. The number of carboxylic acid groups (broad SMARTS) is 1. The van der Waals surface area contributed by atoms with E-state index in [9.17, 15) is 9.90 Å². The SMILES string of the molecule is CCCCCCCCCCCCCCCCC(C(=O)O)(C(C)C)C(CCCCCCCCCCCCCCC)C(C)C. The van der Waals surface area contributed by atoms with Crippen LogP contribution in [0.3, 0.4) is 0 Å². The van der Waals surface area contributed by atoms with Gasteiger partial charge in [0.05, 0.1) is 5.41 Å². The maximum absolute atomic E-state index is 12.9. The Labute approximate surface area is 266 Å². The summed E-state index contributed by atoms with van der Waals surface area (Å²) >= 11 is 0. The Hall–Kier alpha value is -0.530. The van der Waals surface area contributed by atoms with Gasteiger partial charge in [-0.25, -0.2) is 0 Å². The lowest BCUT2D eigenvalue weighted by molar-refractivity contribution is -0.159. The van der Waals surface area contributed by atoms with Crippen LogP contribution in [0.5, 0.6) is 0 Å². The molecule has 0 fully saturated rings. The van der Waals surface area contributed by atoms with Gasteiger partial charge in [-0.15, -0.1) is 0 Å². The summed E-state index contributed by atoms with van der Waals surface area (Å²) in [6, 6.07) is 0. The summed E-state index contributed by atoms with van der Waals surface area (Å²) in [6.07, 6.45) is 38.6. The number of aliphatic carboxylic acids is 1. The Morgan fingerprint density at radius 1 is 0.476 bits per heavy atom. The fourth-order valence-electron chi connectivity index (χ4n) is 7.59. The standard InChI is InChI=1S/C40H80O2/c1-7-9-11-13-15-17-19-21-23-25-27-29-31-33-35-40(37(5)6,39(41)42)38(36(3)4)34-32-30-28-26-24-22-20-18-16-14-12-10-8-2/h36-38H,7-35H2,1-6H3,(H,41,42). The van der Waals surface area contributed by atoms with Gasteiger partial charge in [0.15, 0.2) is 0 Å². The first-order chi connectivity index (χ1) is 20.3. The van der Waals surface area contributed by atoms with E-state index in [0.717, 1.165) is 19.3 Å². The molecule has 0 aliphatic heterocycles. The average Bonchev–Trinajstić information content (AvgIpc) is 2.95. The van der Waals surface area contributed by atoms with Crippen LogP contribution in [-0.4, -0.2) is 11.1 Å². The van der Waals surface area contributed by atoms with E-state index in [1.807, 2.05) is 0 Å². The number of hydrogen-bond donors (Lipinski definition) is 1. The molecule has 0 aromatic heterocycles. The van der Waals surface area contributed by atoms with E-state index < -0.39 is 11.4 Å². The van der Waals surface area contributed by atoms with Gasteiger partial charge in [0.25, 0.3) is 0 Å². The molecule has 42 heavy (non-hydrogen) atoms. The Morgan fingerprint density at radius 3 is 1.02 bits per heavy atom. The van der Waals surface area contributed by atoms with Crippen molar-refractivity contribution in [1.82, 2.24) is 0 Å². The number of rotatable bonds is 33. The van der Waals surface area contributed by atoms with Crippen molar-refractivity contribution in [2.75, 3.05) is 0 Å². The third-order valence-corrected chi connectivity index (χ3v) is 10.5. The molecule has 2 heteroatoms. The number of hydrogen-bond acceptors (Lipinski definition) is 1. The van der Waals surface area contributed by atoms with Gasteiger partial charge < -0.3 is 5.11 Å². The van der Waals surface area contributed by atoms with Crippen LogP contribution >= 0.6 is 0 Å². The summed E-state index contributed by atoms with van der Waals surface area (Å²) in [5.41, 5.74) is -0.567. The van der Waals surface area contributed by atoms with Crippen molar-refractivity contribution < 1.29 is 9.90 Å². The van der Waals surface area contributed by atoms with Gasteiger partial charge in [0.2, 0.25) is 0 Å². The molecule has 252 valence electrons. The minimum absolute atomic E-state index is 0.186. The summed E-state index contributed by atoms with van der Waals surface area (Å²) in [4.78, 5) is 12.9. The molecule has 0 heterocycles. The lowest BCUT2D eigenvalue weighted by Gasteiger charge is -2.43. The van der Waals surface area contributed by atoms with Crippen LogP contribution in [0.15, 0.2) is 0 Å². The number of unbranched alkanes of at least 4 members (excludes halogenated alkanes) is 25. The third-order valence-electron chi connectivity index (χ3n) is 10.5. The van der Waals surface area contributed by atoms with Crippen molar-refractivity contribution in [2.45, 2.75) is 228 Å². The quantitative estimate of drug-likeness (QED) is 0.0769. The molecular weight excluding hydrogens is 512 g/mol. The topological polar surface area (TPSA) is 37.3 Å². The summed E-state index contributed by atoms with van der Waals surface area (Å²) in [5, 5.41) is 10.6. The number of carbonyl (C=O) groups is 1. The van der Waals surface area contributed by atoms with Crippen LogP contribution in [0.2, 0.25) is 0 Å². The van der Waals surface area contributed by atoms with Crippen LogP contribution in [0, 0.1) is 23.2 Å². The predicted octanol–water partition coefficient (Wildman–Crippen LogP) is 14.3. The maximum Gasteiger partial charge on any atom is 0.310 e. The molecule has 0 aliphatic rings. The molecule has 0 aromatic rings. The first-order valence-electron chi connectivity index (χ1n) is 19.6. The molecular formula is C40H80O2. The fourth-order valence-corrected chi connectivity index (χ4v) is 7.59. The van der Waals surface area contributed by atoms with Crippen LogP contribution in [-0.2, 0) is 4.79 Å². The van der Waals surface area contributed by atoms with Crippen molar-refractivity contribution in [2.24, 2.45) is 23.2 Å². The molecule has 0 radical (unpaired) electrons. The maximum atomic E-state index is 12.9.